The molecule has 0 aliphatic carbocycles. The molecule has 0 amide bonds. The van der Waals surface area contributed by atoms with Gasteiger partial charge in [0.2, 0.25) is 10.0 Å². The summed E-state index contributed by atoms with van der Waals surface area (Å²) in [5, 5.41) is 0.374. The summed E-state index contributed by atoms with van der Waals surface area (Å²) in [6, 6.07) is 2.94. The molecule has 0 aromatic heterocycles. The van der Waals surface area contributed by atoms with Gasteiger partial charge in [0.05, 0.1) is 4.90 Å². The van der Waals surface area contributed by atoms with Crippen molar-refractivity contribution in [2.45, 2.75) is 32.6 Å². The first-order valence-corrected chi connectivity index (χ1v) is 8.07. The van der Waals surface area contributed by atoms with Gasteiger partial charge in [0.1, 0.15) is 0 Å². The maximum absolute atomic E-state index is 12.5. The summed E-state index contributed by atoms with van der Waals surface area (Å²) in [5.41, 5.74) is 6.89. The van der Waals surface area contributed by atoms with E-state index in [4.69, 9.17) is 17.3 Å². The second-order valence-electron chi connectivity index (χ2n) is 4.97. The van der Waals surface area contributed by atoms with Crippen molar-refractivity contribution in [3.8, 4) is 0 Å². The Bertz CT molecular complexity index is 533. The van der Waals surface area contributed by atoms with Crippen LogP contribution in [0.1, 0.15) is 26.3 Å². The molecule has 1 aromatic carbocycles. The predicted octanol–water partition coefficient (Wildman–Crippen LogP) is 2.90. The zero-order valence-electron chi connectivity index (χ0n) is 11.8. The largest absolute Gasteiger partial charge is 0.398 e. The molecule has 0 aliphatic heterocycles. The Kier molecular flexibility index (Phi) is 5.24. The van der Waals surface area contributed by atoms with Gasteiger partial charge in [-0.1, -0.05) is 32.4 Å². The number of nitrogens with two attached hydrogens (primary N) is 1. The van der Waals surface area contributed by atoms with E-state index >= 15 is 0 Å². The van der Waals surface area contributed by atoms with E-state index in [1.165, 1.54) is 16.4 Å². The molecule has 0 fully saturated rings. The molecular formula is C13H21ClN2O2S. The van der Waals surface area contributed by atoms with Crippen LogP contribution in [-0.4, -0.2) is 25.8 Å². The van der Waals surface area contributed by atoms with Crippen molar-refractivity contribution in [2.75, 3.05) is 18.8 Å². The summed E-state index contributed by atoms with van der Waals surface area (Å²) in [6.45, 7) is 8.44. The van der Waals surface area contributed by atoms with Gasteiger partial charge < -0.3 is 5.73 Å². The molecule has 1 rings (SSSR count). The van der Waals surface area contributed by atoms with E-state index in [1.807, 2.05) is 20.8 Å². The van der Waals surface area contributed by atoms with E-state index < -0.39 is 10.0 Å². The lowest BCUT2D eigenvalue weighted by atomic mass is 10.2. The fourth-order valence-electron chi connectivity index (χ4n) is 1.78. The summed E-state index contributed by atoms with van der Waals surface area (Å²) in [5.74, 6) is 0.257. The third-order valence-electron chi connectivity index (χ3n) is 2.92. The van der Waals surface area contributed by atoms with Gasteiger partial charge in [0, 0.05) is 23.8 Å². The summed E-state index contributed by atoms with van der Waals surface area (Å²) < 4.78 is 26.5. The summed E-state index contributed by atoms with van der Waals surface area (Å²) in [6.07, 6.45) is 0. The zero-order valence-corrected chi connectivity index (χ0v) is 13.3. The number of hydrogen-bond acceptors (Lipinski definition) is 3. The van der Waals surface area contributed by atoms with E-state index in [0.717, 1.165) is 0 Å². The Labute approximate surface area is 120 Å². The average Bonchev–Trinajstić information content (AvgIpc) is 2.31. The minimum Gasteiger partial charge on any atom is -0.398 e. The van der Waals surface area contributed by atoms with Crippen molar-refractivity contribution < 1.29 is 8.42 Å². The first-order chi connectivity index (χ1) is 8.70. The molecule has 0 saturated carbocycles. The number of benzene rings is 1. The SMILES string of the molecule is CCN(CC(C)C)S(=O)(=O)c1cc(N)c(C)c(Cl)c1. The second kappa shape index (κ2) is 6.11. The van der Waals surface area contributed by atoms with E-state index in [2.05, 4.69) is 0 Å². The van der Waals surface area contributed by atoms with Gasteiger partial charge in [-0.25, -0.2) is 8.42 Å². The molecule has 6 heteroatoms. The smallest absolute Gasteiger partial charge is 0.243 e. The van der Waals surface area contributed by atoms with Gasteiger partial charge in [-0.15, -0.1) is 0 Å². The van der Waals surface area contributed by atoms with E-state index in [0.29, 0.717) is 29.4 Å². The molecule has 0 unspecified atom stereocenters. The lowest BCUT2D eigenvalue weighted by molar-refractivity contribution is 0.381. The van der Waals surface area contributed by atoms with Crippen LogP contribution in [0.3, 0.4) is 0 Å². The Morgan fingerprint density at radius 3 is 2.37 bits per heavy atom. The Morgan fingerprint density at radius 1 is 1.37 bits per heavy atom. The Balaban J connectivity index is 3.26. The predicted molar refractivity (Wildman–Crippen MR) is 79.9 cm³/mol. The van der Waals surface area contributed by atoms with Crippen molar-refractivity contribution in [1.29, 1.82) is 0 Å². The maximum atomic E-state index is 12.5. The Hall–Kier alpha value is -0.780. The van der Waals surface area contributed by atoms with Crippen LogP contribution in [0.15, 0.2) is 17.0 Å². The summed E-state index contributed by atoms with van der Waals surface area (Å²) >= 11 is 6.02. The third-order valence-corrected chi connectivity index (χ3v) is 5.23. The fraction of sp³-hybridized carbons (Fsp3) is 0.538. The minimum atomic E-state index is -3.54. The van der Waals surface area contributed by atoms with Gasteiger partial charge in [-0.2, -0.15) is 4.31 Å². The van der Waals surface area contributed by atoms with Crippen LogP contribution in [0, 0.1) is 12.8 Å². The molecule has 0 spiro atoms. The number of hydrogen-bond donors (Lipinski definition) is 1. The van der Waals surface area contributed by atoms with Gasteiger partial charge >= 0.3 is 0 Å². The quantitative estimate of drug-likeness (QED) is 0.851. The molecule has 0 aliphatic rings. The standard InChI is InChI=1S/C13H21ClN2O2S/c1-5-16(8-9(2)3)19(17,18)11-6-12(14)10(4)13(15)7-11/h6-7,9H,5,8,15H2,1-4H3. The highest BCUT2D eigenvalue weighted by Gasteiger charge is 2.24. The summed E-state index contributed by atoms with van der Waals surface area (Å²) in [4.78, 5) is 0.156. The minimum absolute atomic E-state index is 0.156. The number of sulfonamides is 1. The van der Waals surface area contributed by atoms with Gasteiger partial charge in [-0.05, 0) is 30.5 Å². The van der Waals surface area contributed by atoms with Gasteiger partial charge in [-0.3, -0.25) is 0 Å². The van der Waals surface area contributed by atoms with Crippen LogP contribution in [-0.2, 0) is 10.0 Å². The molecular weight excluding hydrogens is 284 g/mol. The molecule has 108 valence electrons. The highest BCUT2D eigenvalue weighted by molar-refractivity contribution is 7.89. The maximum Gasteiger partial charge on any atom is 0.243 e. The molecule has 0 atom stereocenters. The first kappa shape index (κ1) is 16.3. The van der Waals surface area contributed by atoms with Crippen LogP contribution in [0.5, 0.6) is 0 Å². The van der Waals surface area contributed by atoms with Crippen LogP contribution in [0.25, 0.3) is 0 Å². The molecule has 0 bridgehead atoms. The zero-order chi connectivity index (χ0) is 14.8. The normalized spacial score (nSPS) is 12.4. The van der Waals surface area contributed by atoms with Crippen molar-refractivity contribution in [2.24, 2.45) is 5.92 Å². The second-order valence-corrected chi connectivity index (χ2v) is 7.31. The lowest BCUT2D eigenvalue weighted by Gasteiger charge is -2.23. The van der Waals surface area contributed by atoms with Gasteiger partial charge in [0.15, 0.2) is 0 Å². The molecule has 0 saturated heterocycles. The Morgan fingerprint density at radius 2 is 1.95 bits per heavy atom. The number of rotatable bonds is 5. The molecule has 4 nitrogen and oxygen atoms in total. The van der Waals surface area contributed by atoms with Crippen LogP contribution in [0.2, 0.25) is 5.02 Å². The molecule has 0 heterocycles. The molecule has 19 heavy (non-hydrogen) atoms. The number of nitrogen functional groups attached to an aromatic ring is 1. The monoisotopic (exact) mass is 304 g/mol. The number of anilines is 1. The topological polar surface area (TPSA) is 63.4 Å². The van der Waals surface area contributed by atoms with Crippen LogP contribution >= 0.6 is 11.6 Å². The van der Waals surface area contributed by atoms with E-state index in [9.17, 15) is 8.42 Å². The fourth-order valence-corrected chi connectivity index (χ4v) is 3.74. The number of nitrogens with zero attached hydrogens (tertiary/aromatic N) is 1. The van der Waals surface area contributed by atoms with Crippen molar-refractivity contribution in [1.82, 2.24) is 4.31 Å². The number of halogens is 1. The highest BCUT2D eigenvalue weighted by Crippen LogP contribution is 2.27. The molecule has 1 aromatic rings. The summed E-state index contributed by atoms with van der Waals surface area (Å²) in [7, 11) is -3.54. The third kappa shape index (κ3) is 3.61. The van der Waals surface area contributed by atoms with Crippen molar-refractivity contribution in [3.05, 3.63) is 22.7 Å². The van der Waals surface area contributed by atoms with Gasteiger partial charge in [0.25, 0.3) is 0 Å². The van der Waals surface area contributed by atoms with E-state index in [1.54, 1.807) is 6.92 Å². The van der Waals surface area contributed by atoms with Crippen LogP contribution < -0.4 is 5.73 Å². The highest BCUT2D eigenvalue weighted by atomic mass is 35.5. The first-order valence-electron chi connectivity index (χ1n) is 6.25. The lowest BCUT2D eigenvalue weighted by Crippen LogP contribution is -2.34. The molecule has 2 N–H and O–H groups in total. The van der Waals surface area contributed by atoms with E-state index in [-0.39, 0.29) is 10.8 Å². The van der Waals surface area contributed by atoms with Crippen molar-refractivity contribution >= 4 is 27.3 Å². The average molecular weight is 305 g/mol. The van der Waals surface area contributed by atoms with Crippen LogP contribution in [0.4, 0.5) is 5.69 Å². The molecule has 0 radical (unpaired) electrons. The van der Waals surface area contributed by atoms with Crippen molar-refractivity contribution in [3.63, 3.8) is 0 Å².